The second-order valence-electron chi connectivity index (χ2n) is 6.07. The molecule has 1 aromatic carbocycles. The van der Waals surface area contributed by atoms with E-state index in [1.54, 1.807) is 17.5 Å². The number of anilines is 1. The molecule has 0 spiro atoms. The number of carbonyl (C=O) groups excluding carboxylic acids is 2. The van der Waals surface area contributed by atoms with Gasteiger partial charge in [-0.05, 0) is 38.0 Å². The molecule has 0 aliphatic carbocycles. The molecule has 130 valence electrons. The van der Waals surface area contributed by atoms with E-state index in [9.17, 15) is 9.59 Å². The van der Waals surface area contributed by atoms with Crippen LogP contribution in [0.1, 0.15) is 33.9 Å². The Labute approximate surface area is 150 Å². The van der Waals surface area contributed by atoms with Gasteiger partial charge >= 0.3 is 0 Å². The lowest BCUT2D eigenvalue weighted by Crippen LogP contribution is -2.39. The molecule has 7 heteroatoms. The molecule has 0 radical (unpaired) electrons. The first kappa shape index (κ1) is 17.3. The average Bonchev–Trinajstić information content (AvgIpc) is 3.01. The number of aryl methyl sites for hydroxylation is 3. The van der Waals surface area contributed by atoms with E-state index >= 15 is 0 Å². The normalized spacial score (nSPS) is 14.4. The van der Waals surface area contributed by atoms with Gasteiger partial charge in [-0.25, -0.2) is 9.99 Å². The predicted octanol–water partition coefficient (Wildman–Crippen LogP) is 2.87. The third-order valence-corrected chi connectivity index (χ3v) is 4.89. The van der Waals surface area contributed by atoms with Gasteiger partial charge in [-0.1, -0.05) is 12.1 Å². The van der Waals surface area contributed by atoms with Crippen LogP contribution < -0.4 is 10.3 Å². The summed E-state index contributed by atoms with van der Waals surface area (Å²) in [6.45, 7) is 6.24. The van der Waals surface area contributed by atoms with Gasteiger partial charge in [0.05, 0.1) is 17.2 Å². The van der Waals surface area contributed by atoms with Gasteiger partial charge in [0.25, 0.3) is 5.91 Å². The van der Waals surface area contributed by atoms with Crippen molar-refractivity contribution in [2.75, 3.05) is 5.01 Å². The largest absolute Gasteiger partial charge is 0.346 e. The highest BCUT2D eigenvalue weighted by Crippen LogP contribution is 2.25. The molecule has 25 heavy (non-hydrogen) atoms. The molecule has 0 saturated heterocycles. The minimum absolute atomic E-state index is 0.0941. The number of rotatable bonds is 4. The highest BCUT2D eigenvalue weighted by molar-refractivity contribution is 7.11. The first-order valence-corrected chi connectivity index (χ1v) is 8.93. The zero-order valence-electron chi connectivity index (χ0n) is 14.5. The molecule has 0 saturated carbocycles. The third-order valence-electron chi connectivity index (χ3n) is 3.98. The number of hydrogen-bond donors (Lipinski definition) is 1. The quantitative estimate of drug-likeness (QED) is 0.915. The fraction of sp³-hybridized carbons (Fsp3) is 0.333. The molecule has 2 amide bonds. The Hall–Kier alpha value is -2.54. The summed E-state index contributed by atoms with van der Waals surface area (Å²) in [6, 6.07) is 5.85. The van der Waals surface area contributed by atoms with Gasteiger partial charge in [-0.3, -0.25) is 9.59 Å². The number of benzene rings is 1. The Balaban J connectivity index is 1.78. The van der Waals surface area contributed by atoms with Crippen molar-refractivity contribution in [2.24, 2.45) is 5.10 Å². The topological polar surface area (TPSA) is 74.7 Å². The molecule has 2 aromatic rings. The van der Waals surface area contributed by atoms with Crippen LogP contribution in [0.3, 0.4) is 0 Å². The van der Waals surface area contributed by atoms with Crippen LogP contribution in [-0.4, -0.2) is 22.5 Å². The maximum Gasteiger partial charge on any atom is 0.267 e. The number of nitrogens with zero attached hydrogens (tertiary/aromatic N) is 3. The van der Waals surface area contributed by atoms with E-state index in [2.05, 4.69) is 15.4 Å². The van der Waals surface area contributed by atoms with Gasteiger partial charge in [0.2, 0.25) is 5.91 Å². The second kappa shape index (κ2) is 7.14. The standard InChI is InChI=1S/C18H20N4O2S/c1-11-4-5-12(2)16(8-11)22-17(23)7-6-15(21-22)18(24)20-10-14-9-19-13(3)25-14/h4-5,8-9H,6-7,10H2,1-3H3,(H,20,24). The zero-order valence-corrected chi connectivity index (χ0v) is 15.3. The van der Waals surface area contributed by atoms with Crippen molar-refractivity contribution in [3.05, 3.63) is 45.4 Å². The van der Waals surface area contributed by atoms with Crippen molar-refractivity contribution in [3.8, 4) is 0 Å². The summed E-state index contributed by atoms with van der Waals surface area (Å²) in [5.41, 5.74) is 3.10. The molecule has 6 nitrogen and oxygen atoms in total. The van der Waals surface area contributed by atoms with Crippen LogP contribution in [0.25, 0.3) is 0 Å². The number of hydrogen-bond acceptors (Lipinski definition) is 5. The Bertz CT molecular complexity index is 857. The molecular weight excluding hydrogens is 336 g/mol. The van der Waals surface area contributed by atoms with Crippen LogP contribution in [0.4, 0.5) is 5.69 Å². The zero-order chi connectivity index (χ0) is 18.0. The first-order chi connectivity index (χ1) is 11.9. The van der Waals surface area contributed by atoms with E-state index in [0.717, 1.165) is 26.7 Å². The number of amides is 2. The lowest BCUT2D eigenvalue weighted by atomic mass is 10.1. The number of aromatic nitrogens is 1. The van der Waals surface area contributed by atoms with Crippen LogP contribution in [-0.2, 0) is 16.1 Å². The van der Waals surface area contributed by atoms with Gasteiger partial charge in [0, 0.05) is 23.9 Å². The van der Waals surface area contributed by atoms with Crippen LogP contribution in [0.15, 0.2) is 29.5 Å². The maximum atomic E-state index is 12.4. The van der Waals surface area contributed by atoms with Gasteiger partial charge in [0.15, 0.2) is 0 Å². The molecule has 1 aliphatic heterocycles. The maximum absolute atomic E-state index is 12.4. The summed E-state index contributed by atoms with van der Waals surface area (Å²) in [6.07, 6.45) is 2.39. The number of hydrazone groups is 1. The monoisotopic (exact) mass is 356 g/mol. The van der Waals surface area contributed by atoms with Crippen molar-refractivity contribution < 1.29 is 9.59 Å². The Morgan fingerprint density at radius 3 is 2.80 bits per heavy atom. The number of carbonyl (C=O) groups is 2. The van der Waals surface area contributed by atoms with Crippen molar-refractivity contribution in [1.29, 1.82) is 0 Å². The SMILES string of the molecule is Cc1ccc(C)c(N2N=C(C(=O)NCc3cnc(C)s3)CCC2=O)c1. The first-order valence-electron chi connectivity index (χ1n) is 8.11. The molecule has 1 aromatic heterocycles. The highest BCUT2D eigenvalue weighted by atomic mass is 32.1. The van der Waals surface area contributed by atoms with Gasteiger partial charge in [-0.15, -0.1) is 11.3 Å². The van der Waals surface area contributed by atoms with Gasteiger partial charge in [-0.2, -0.15) is 5.10 Å². The second-order valence-corrected chi connectivity index (χ2v) is 7.39. The van der Waals surface area contributed by atoms with Crippen molar-refractivity contribution in [3.63, 3.8) is 0 Å². The van der Waals surface area contributed by atoms with Crippen molar-refractivity contribution in [2.45, 2.75) is 40.2 Å². The fourth-order valence-electron chi connectivity index (χ4n) is 2.61. The van der Waals surface area contributed by atoms with Crippen molar-refractivity contribution in [1.82, 2.24) is 10.3 Å². The number of nitrogens with one attached hydrogen (secondary N) is 1. The van der Waals surface area contributed by atoms with Crippen molar-refractivity contribution >= 4 is 34.6 Å². The summed E-state index contributed by atoms with van der Waals surface area (Å²) in [5.74, 6) is -0.336. The third kappa shape index (κ3) is 3.93. The molecule has 1 N–H and O–H groups in total. The van der Waals surface area contributed by atoms with E-state index in [4.69, 9.17) is 0 Å². The van der Waals surface area contributed by atoms with Gasteiger partial charge in [0.1, 0.15) is 5.71 Å². The summed E-state index contributed by atoms with van der Waals surface area (Å²) < 4.78 is 0. The van der Waals surface area contributed by atoms with Gasteiger partial charge < -0.3 is 5.32 Å². The molecule has 0 fully saturated rings. The lowest BCUT2D eigenvalue weighted by Gasteiger charge is -2.24. The fourth-order valence-corrected chi connectivity index (χ4v) is 3.34. The van der Waals surface area contributed by atoms with Crippen LogP contribution in [0, 0.1) is 20.8 Å². The molecule has 2 heterocycles. The van der Waals surface area contributed by atoms with Crippen LogP contribution in [0.5, 0.6) is 0 Å². The highest BCUT2D eigenvalue weighted by Gasteiger charge is 2.26. The molecular formula is C18H20N4O2S. The summed E-state index contributed by atoms with van der Waals surface area (Å²) in [5, 5.41) is 9.51. The molecule has 3 rings (SSSR count). The Morgan fingerprint density at radius 2 is 2.08 bits per heavy atom. The Morgan fingerprint density at radius 1 is 1.28 bits per heavy atom. The number of thiazole rings is 1. The van der Waals surface area contributed by atoms with E-state index < -0.39 is 0 Å². The summed E-state index contributed by atoms with van der Waals surface area (Å²) in [7, 11) is 0. The minimum Gasteiger partial charge on any atom is -0.346 e. The predicted molar refractivity (Wildman–Crippen MR) is 98.8 cm³/mol. The minimum atomic E-state index is -0.242. The summed E-state index contributed by atoms with van der Waals surface area (Å²) in [4.78, 5) is 29.9. The van der Waals surface area contributed by atoms with E-state index in [1.807, 2.05) is 39.0 Å². The van der Waals surface area contributed by atoms with Crippen LogP contribution in [0.2, 0.25) is 0 Å². The van der Waals surface area contributed by atoms with E-state index in [0.29, 0.717) is 18.7 Å². The summed E-state index contributed by atoms with van der Waals surface area (Å²) >= 11 is 1.55. The Kier molecular flexibility index (Phi) is 4.94. The molecule has 0 atom stereocenters. The molecule has 0 unspecified atom stereocenters. The molecule has 0 bridgehead atoms. The molecule has 1 aliphatic rings. The van der Waals surface area contributed by atoms with Crippen LogP contribution >= 0.6 is 11.3 Å². The lowest BCUT2D eigenvalue weighted by molar-refractivity contribution is -0.119. The smallest absolute Gasteiger partial charge is 0.267 e. The van der Waals surface area contributed by atoms with E-state index in [1.165, 1.54) is 5.01 Å². The average molecular weight is 356 g/mol. The van der Waals surface area contributed by atoms with E-state index in [-0.39, 0.29) is 18.2 Å².